The molecule has 0 aliphatic heterocycles. The van der Waals surface area contributed by atoms with Gasteiger partial charge in [-0.1, -0.05) is 26.0 Å². The van der Waals surface area contributed by atoms with E-state index in [9.17, 15) is 9.59 Å². The van der Waals surface area contributed by atoms with Crippen LogP contribution in [0.15, 0.2) is 24.3 Å². The molecule has 4 nitrogen and oxygen atoms in total. The Morgan fingerprint density at radius 3 is 2.50 bits per heavy atom. The smallest absolute Gasteiger partial charge is 0.166 e. The molecule has 0 spiro atoms. The molecular formula is C14H21NO3. The van der Waals surface area contributed by atoms with Gasteiger partial charge in [0.2, 0.25) is 0 Å². The molecule has 1 saturated carbocycles. The van der Waals surface area contributed by atoms with Crippen molar-refractivity contribution in [2.75, 3.05) is 13.2 Å². The van der Waals surface area contributed by atoms with Crippen LogP contribution in [-0.2, 0) is 14.4 Å². The van der Waals surface area contributed by atoms with Crippen LogP contribution in [0.2, 0.25) is 0 Å². The van der Waals surface area contributed by atoms with E-state index in [0.29, 0.717) is 38.0 Å². The molecule has 0 aromatic rings. The second-order valence-corrected chi connectivity index (χ2v) is 5.26. The van der Waals surface area contributed by atoms with E-state index < -0.39 is 0 Å². The number of nitrogens with one attached hydrogen (secondary N) is 1. The lowest BCUT2D eigenvalue weighted by Gasteiger charge is -2.28. The van der Waals surface area contributed by atoms with Gasteiger partial charge in [0.1, 0.15) is 0 Å². The van der Waals surface area contributed by atoms with E-state index in [1.807, 2.05) is 13.8 Å². The first-order valence-corrected chi connectivity index (χ1v) is 6.18. The molecule has 1 N–H and O–H groups in total. The van der Waals surface area contributed by atoms with Crippen molar-refractivity contribution in [1.29, 1.82) is 0 Å². The fourth-order valence-corrected chi connectivity index (χ4v) is 1.97. The van der Waals surface area contributed by atoms with Gasteiger partial charge in [0.05, 0.1) is 12.2 Å². The quantitative estimate of drug-likeness (QED) is 0.258. The van der Waals surface area contributed by atoms with E-state index in [2.05, 4.69) is 12.1 Å². The van der Waals surface area contributed by atoms with Gasteiger partial charge in [-0.25, -0.2) is 5.48 Å². The Kier molecular flexibility index (Phi) is 5.44. The van der Waals surface area contributed by atoms with Crippen molar-refractivity contribution >= 4 is 11.6 Å². The summed E-state index contributed by atoms with van der Waals surface area (Å²) in [5.41, 5.74) is 2.90. The minimum atomic E-state index is -0.198. The van der Waals surface area contributed by atoms with Crippen molar-refractivity contribution < 1.29 is 14.4 Å². The highest BCUT2D eigenvalue weighted by molar-refractivity contribution is 6.22. The molecule has 0 heterocycles. The first-order chi connectivity index (χ1) is 8.46. The Labute approximate surface area is 108 Å². The van der Waals surface area contributed by atoms with Crippen molar-refractivity contribution in [1.82, 2.24) is 5.48 Å². The van der Waals surface area contributed by atoms with Gasteiger partial charge < -0.3 is 0 Å². The monoisotopic (exact) mass is 251 g/mol. The second kappa shape index (κ2) is 6.61. The number of allylic oxidation sites excluding steroid dienone is 1. The maximum absolute atomic E-state index is 11.8. The third-order valence-corrected chi connectivity index (χ3v) is 2.78. The summed E-state index contributed by atoms with van der Waals surface area (Å²) in [4.78, 5) is 28.7. The third kappa shape index (κ3) is 4.55. The van der Waals surface area contributed by atoms with Gasteiger partial charge in [-0.2, -0.15) is 0 Å². The topological polar surface area (TPSA) is 55.4 Å². The number of ketones is 2. The molecule has 0 radical (unpaired) electrons. The first-order valence-electron chi connectivity index (χ1n) is 6.18. The van der Waals surface area contributed by atoms with E-state index in [-0.39, 0.29) is 17.0 Å². The van der Waals surface area contributed by atoms with Crippen molar-refractivity contribution in [3.8, 4) is 0 Å². The Balaban J connectivity index is 2.43. The number of hydrogen-bond acceptors (Lipinski definition) is 4. The summed E-state index contributed by atoms with van der Waals surface area (Å²) in [6.07, 6.45) is 4.85. The molecule has 18 heavy (non-hydrogen) atoms. The standard InChI is InChI=1S/C14H21NO3/c1-4-8-18-15-7-5-6-11-12(16)9-14(2,3)10-13(11)17/h4,6,15H,1,5,7-10H2,2-3H3. The molecule has 0 atom stereocenters. The molecule has 0 amide bonds. The highest BCUT2D eigenvalue weighted by Crippen LogP contribution is 2.33. The van der Waals surface area contributed by atoms with E-state index in [0.717, 1.165) is 0 Å². The van der Waals surface area contributed by atoms with Gasteiger partial charge >= 0.3 is 0 Å². The number of Topliss-reactive ketones (excluding diaryl/α,β-unsaturated/α-hetero) is 2. The normalized spacial score (nSPS) is 18.9. The lowest BCUT2D eigenvalue weighted by molar-refractivity contribution is -0.127. The van der Waals surface area contributed by atoms with Gasteiger partial charge in [0, 0.05) is 19.4 Å². The lowest BCUT2D eigenvalue weighted by atomic mass is 9.74. The van der Waals surface area contributed by atoms with Crippen molar-refractivity contribution in [2.24, 2.45) is 5.41 Å². The van der Waals surface area contributed by atoms with Crippen molar-refractivity contribution in [3.63, 3.8) is 0 Å². The summed E-state index contributed by atoms with van der Waals surface area (Å²) in [7, 11) is 0. The summed E-state index contributed by atoms with van der Waals surface area (Å²) in [6, 6.07) is 0. The second-order valence-electron chi connectivity index (χ2n) is 5.26. The van der Waals surface area contributed by atoms with Gasteiger partial charge in [0.25, 0.3) is 0 Å². The van der Waals surface area contributed by atoms with Crippen LogP contribution in [0.3, 0.4) is 0 Å². The molecule has 100 valence electrons. The van der Waals surface area contributed by atoms with Crippen molar-refractivity contribution in [2.45, 2.75) is 33.1 Å². The molecular weight excluding hydrogens is 230 g/mol. The zero-order valence-electron chi connectivity index (χ0n) is 11.1. The summed E-state index contributed by atoms with van der Waals surface area (Å²) < 4.78 is 0. The number of hydrogen-bond donors (Lipinski definition) is 1. The van der Waals surface area contributed by atoms with Gasteiger partial charge in [-0.15, -0.1) is 6.58 Å². The summed E-state index contributed by atoms with van der Waals surface area (Å²) in [5, 5.41) is 0. The number of carbonyl (C=O) groups is 2. The van der Waals surface area contributed by atoms with Crippen LogP contribution in [0.1, 0.15) is 33.1 Å². The number of hydroxylamine groups is 1. The Morgan fingerprint density at radius 2 is 1.94 bits per heavy atom. The number of carbonyl (C=O) groups excluding carboxylic acids is 2. The molecule has 1 rings (SSSR count). The highest BCUT2D eigenvalue weighted by atomic mass is 16.6. The fraction of sp³-hybridized carbons (Fsp3) is 0.571. The predicted octanol–water partition coefficient (Wildman–Crippen LogP) is 1.97. The van der Waals surface area contributed by atoms with Gasteiger partial charge in [-0.3, -0.25) is 14.4 Å². The SMILES string of the molecule is C=CCONCCC=C1C(=O)CC(C)(C)CC1=O. The molecule has 0 aromatic carbocycles. The molecule has 1 fully saturated rings. The minimum Gasteiger partial charge on any atom is -0.298 e. The Morgan fingerprint density at radius 1 is 1.33 bits per heavy atom. The van der Waals surface area contributed by atoms with Crippen molar-refractivity contribution in [3.05, 3.63) is 24.3 Å². The summed E-state index contributed by atoms with van der Waals surface area (Å²) in [5.74, 6) is -0.0773. The van der Waals surface area contributed by atoms with Crippen LogP contribution in [0.4, 0.5) is 0 Å². The van der Waals surface area contributed by atoms with E-state index in [4.69, 9.17) is 4.84 Å². The fourth-order valence-electron chi connectivity index (χ4n) is 1.97. The molecule has 1 aliphatic rings. The molecule has 0 saturated heterocycles. The van der Waals surface area contributed by atoms with E-state index in [1.54, 1.807) is 12.2 Å². The summed E-state index contributed by atoms with van der Waals surface area (Å²) in [6.45, 7) is 8.42. The third-order valence-electron chi connectivity index (χ3n) is 2.78. The zero-order valence-corrected chi connectivity index (χ0v) is 11.1. The van der Waals surface area contributed by atoms with Crippen LogP contribution < -0.4 is 5.48 Å². The molecule has 0 bridgehead atoms. The minimum absolute atomic E-state index is 0.0386. The molecule has 0 unspecified atom stereocenters. The average Bonchev–Trinajstić information content (AvgIpc) is 2.24. The number of rotatable bonds is 6. The average molecular weight is 251 g/mol. The van der Waals surface area contributed by atoms with Gasteiger partial charge in [0.15, 0.2) is 11.6 Å². The lowest BCUT2D eigenvalue weighted by Crippen LogP contribution is -2.31. The van der Waals surface area contributed by atoms with Crippen LogP contribution in [0, 0.1) is 5.41 Å². The first kappa shape index (κ1) is 14.8. The van der Waals surface area contributed by atoms with Crippen LogP contribution in [0.25, 0.3) is 0 Å². The van der Waals surface area contributed by atoms with Crippen LogP contribution in [-0.4, -0.2) is 24.7 Å². The largest absolute Gasteiger partial charge is 0.298 e. The van der Waals surface area contributed by atoms with E-state index >= 15 is 0 Å². The summed E-state index contributed by atoms with van der Waals surface area (Å²) >= 11 is 0. The Hall–Kier alpha value is -1.26. The zero-order chi connectivity index (χ0) is 13.6. The van der Waals surface area contributed by atoms with Gasteiger partial charge in [-0.05, 0) is 11.8 Å². The molecule has 1 aliphatic carbocycles. The maximum Gasteiger partial charge on any atom is 0.166 e. The van der Waals surface area contributed by atoms with Crippen LogP contribution in [0.5, 0.6) is 0 Å². The van der Waals surface area contributed by atoms with Crippen LogP contribution >= 0.6 is 0 Å². The molecule has 4 heteroatoms. The Bertz CT molecular complexity index is 347. The highest BCUT2D eigenvalue weighted by Gasteiger charge is 2.35. The predicted molar refractivity (Wildman–Crippen MR) is 69.9 cm³/mol. The maximum atomic E-state index is 11.8. The van der Waals surface area contributed by atoms with E-state index in [1.165, 1.54) is 0 Å². The molecule has 0 aromatic heterocycles.